The van der Waals surface area contributed by atoms with Crippen LogP contribution in [0.5, 0.6) is 0 Å². The molecule has 1 aromatic rings. The van der Waals surface area contributed by atoms with Crippen LogP contribution in [0.15, 0.2) is 10.9 Å². The van der Waals surface area contributed by atoms with Gasteiger partial charge in [0.2, 0.25) is 12.3 Å². The minimum atomic E-state index is -0.302. The summed E-state index contributed by atoms with van der Waals surface area (Å²) in [7, 11) is 0. The van der Waals surface area contributed by atoms with E-state index in [0.717, 1.165) is 19.5 Å². The van der Waals surface area contributed by atoms with Crippen molar-refractivity contribution in [3.63, 3.8) is 0 Å². The van der Waals surface area contributed by atoms with Gasteiger partial charge in [0.1, 0.15) is 0 Å². The van der Waals surface area contributed by atoms with E-state index in [4.69, 9.17) is 0 Å². The lowest BCUT2D eigenvalue weighted by Crippen LogP contribution is -2.45. The van der Waals surface area contributed by atoms with Gasteiger partial charge in [-0.25, -0.2) is 0 Å². The lowest BCUT2D eigenvalue weighted by molar-refractivity contribution is -0.132. The second-order valence-electron chi connectivity index (χ2n) is 4.77. The number of nitrogens with zero attached hydrogens (tertiary/aromatic N) is 2. The summed E-state index contributed by atoms with van der Waals surface area (Å²) >= 11 is 0. The number of hydrogen-bond donors (Lipinski definition) is 2. The lowest BCUT2D eigenvalue weighted by Gasteiger charge is -2.30. The summed E-state index contributed by atoms with van der Waals surface area (Å²) in [5, 5.41) is 9.81. The molecule has 2 heterocycles. The molecule has 2 N–H and O–H groups in total. The van der Waals surface area contributed by atoms with Crippen LogP contribution in [0, 0.1) is 11.3 Å². The quantitative estimate of drug-likeness (QED) is 0.789. The molecule has 0 radical (unpaired) electrons. The molecule has 6 nitrogen and oxygen atoms in total. The molecule has 2 rings (SSSR count). The van der Waals surface area contributed by atoms with Gasteiger partial charge >= 0.3 is 0 Å². The Kier molecular flexibility index (Phi) is 3.42. The molecule has 0 aromatic carbocycles. The predicted molar refractivity (Wildman–Crippen MR) is 60.9 cm³/mol. The van der Waals surface area contributed by atoms with Crippen LogP contribution in [0.4, 0.5) is 0 Å². The first-order valence-corrected chi connectivity index (χ1v) is 5.89. The molecule has 94 valence electrons. The van der Waals surface area contributed by atoms with Crippen LogP contribution >= 0.6 is 0 Å². The van der Waals surface area contributed by atoms with Crippen molar-refractivity contribution in [1.82, 2.24) is 20.8 Å². The highest BCUT2D eigenvalue weighted by Gasteiger charge is 2.43. The van der Waals surface area contributed by atoms with Gasteiger partial charge in [0.05, 0.1) is 12.0 Å². The summed E-state index contributed by atoms with van der Waals surface area (Å²) in [6.07, 6.45) is 2.14. The van der Waals surface area contributed by atoms with Gasteiger partial charge in [-0.3, -0.25) is 4.79 Å². The van der Waals surface area contributed by atoms with Crippen LogP contribution in [-0.4, -0.2) is 29.1 Å². The van der Waals surface area contributed by atoms with Gasteiger partial charge < -0.3 is 15.2 Å². The van der Waals surface area contributed by atoms with Crippen molar-refractivity contribution in [2.24, 2.45) is 11.3 Å². The van der Waals surface area contributed by atoms with Gasteiger partial charge in [0.15, 0.2) is 5.82 Å². The number of aromatic nitrogens is 2. The van der Waals surface area contributed by atoms with E-state index < -0.39 is 0 Å². The van der Waals surface area contributed by atoms with Gasteiger partial charge in [0.25, 0.3) is 0 Å². The fraction of sp³-hybridized carbons (Fsp3) is 0.727. The molecule has 1 aliphatic heterocycles. The van der Waals surface area contributed by atoms with E-state index in [1.165, 1.54) is 6.39 Å². The number of carbonyl (C=O) groups is 1. The second-order valence-corrected chi connectivity index (χ2v) is 4.77. The van der Waals surface area contributed by atoms with Gasteiger partial charge in [-0.15, -0.1) is 0 Å². The van der Waals surface area contributed by atoms with Crippen molar-refractivity contribution >= 4 is 5.91 Å². The average Bonchev–Trinajstić information content (AvgIpc) is 2.97. The highest BCUT2D eigenvalue weighted by atomic mass is 16.5. The van der Waals surface area contributed by atoms with Crippen molar-refractivity contribution in [3.8, 4) is 0 Å². The summed E-state index contributed by atoms with van der Waals surface area (Å²) in [5.41, 5.74) is -0.302. The van der Waals surface area contributed by atoms with Crippen molar-refractivity contribution in [2.45, 2.75) is 26.8 Å². The van der Waals surface area contributed by atoms with Crippen LogP contribution in [-0.2, 0) is 11.3 Å². The fourth-order valence-electron chi connectivity index (χ4n) is 2.27. The number of hydrogen-bond acceptors (Lipinski definition) is 5. The Hall–Kier alpha value is -1.43. The Labute approximate surface area is 100 Å². The van der Waals surface area contributed by atoms with Crippen molar-refractivity contribution in [2.75, 3.05) is 13.1 Å². The van der Waals surface area contributed by atoms with Crippen LogP contribution in [0.3, 0.4) is 0 Å². The van der Waals surface area contributed by atoms with Gasteiger partial charge in [-0.1, -0.05) is 19.0 Å². The third-order valence-corrected chi connectivity index (χ3v) is 3.56. The monoisotopic (exact) mass is 238 g/mol. The van der Waals surface area contributed by atoms with Crippen LogP contribution < -0.4 is 10.6 Å². The third kappa shape index (κ3) is 2.31. The molecule has 0 aliphatic carbocycles. The number of nitrogens with one attached hydrogen (secondary N) is 2. The molecule has 6 heteroatoms. The summed E-state index contributed by atoms with van der Waals surface area (Å²) in [6, 6.07) is 0. The topological polar surface area (TPSA) is 80.1 Å². The zero-order valence-electron chi connectivity index (χ0n) is 10.2. The molecule has 1 saturated heterocycles. The molecular weight excluding hydrogens is 220 g/mol. The first-order chi connectivity index (χ1) is 8.15. The summed E-state index contributed by atoms with van der Waals surface area (Å²) in [4.78, 5) is 16.1. The van der Waals surface area contributed by atoms with Crippen molar-refractivity contribution < 1.29 is 9.32 Å². The molecule has 0 bridgehead atoms. The van der Waals surface area contributed by atoms with E-state index in [1.807, 2.05) is 0 Å². The Morgan fingerprint density at radius 2 is 2.53 bits per heavy atom. The van der Waals surface area contributed by atoms with Gasteiger partial charge in [-0.2, -0.15) is 4.98 Å². The maximum absolute atomic E-state index is 12.3. The molecule has 1 unspecified atom stereocenters. The maximum Gasteiger partial charge on any atom is 0.228 e. The van der Waals surface area contributed by atoms with Crippen LogP contribution in [0.25, 0.3) is 0 Å². The predicted octanol–water partition coefficient (Wildman–Crippen LogP) is 0.321. The minimum absolute atomic E-state index is 0.0716. The second kappa shape index (κ2) is 4.83. The Balaban J connectivity index is 1.98. The van der Waals surface area contributed by atoms with E-state index in [0.29, 0.717) is 18.3 Å². The minimum Gasteiger partial charge on any atom is -0.348 e. The van der Waals surface area contributed by atoms with Crippen molar-refractivity contribution in [1.29, 1.82) is 0 Å². The largest absolute Gasteiger partial charge is 0.348 e. The SMILES string of the molecule is CC(C)C1(C(=O)NCc2ncon2)CCNC1. The molecule has 0 saturated carbocycles. The molecule has 0 spiro atoms. The van der Waals surface area contributed by atoms with Crippen LogP contribution in [0.2, 0.25) is 0 Å². The molecule has 17 heavy (non-hydrogen) atoms. The number of carbonyl (C=O) groups excluding carboxylic acids is 1. The first-order valence-electron chi connectivity index (χ1n) is 5.89. The molecule has 1 fully saturated rings. The highest BCUT2D eigenvalue weighted by Crippen LogP contribution is 2.34. The number of amides is 1. The number of rotatable bonds is 4. The van der Waals surface area contributed by atoms with Crippen LogP contribution in [0.1, 0.15) is 26.1 Å². The van der Waals surface area contributed by atoms with E-state index >= 15 is 0 Å². The molecular formula is C11H18N4O2. The molecule has 1 aliphatic rings. The summed E-state index contributed by atoms with van der Waals surface area (Å²) in [5.74, 6) is 0.883. The first kappa shape index (κ1) is 12.0. The Bertz CT molecular complexity index is 369. The van der Waals surface area contributed by atoms with E-state index in [9.17, 15) is 4.79 Å². The van der Waals surface area contributed by atoms with Gasteiger partial charge in [0, 0.05) is 6.54 Å². The van der Waals surface area contributed by atoms with E-state index in [1.54, 1.807) is 0 Å². The third-order valence-electron chi connectivity index (χ3n) is 3.56. The van der Waals surface area contributed by atoms with Gasteiger partial charge in [-0.05, 0) is 18.9 Å². The van der Waals surface area contributed by atoms with E-state index in [-0.39, 0.29) is 11.3 Å². The standard InChI is InChI=1S/C11H18N4O2/c1-8(2)11(3-4-12-6-11)10(16)13-5-9-14-7-17-15-9/h7-8,12H,3-6H2,1-2H3,(H,13,16). The fourth-order valence-corrected chi connectivity index (χ4v) is 2.27. The summed E-state index contributed by atoms with van der Waals surface area (Å²) < 4.78 is 4.62. The van der Waals surface area contributed by atoms with E-state index in [2.05, 4.69) is 39.1 Å². The normalized spacial score (nSPS) is 24.2. The molecule has 1 atom stereocenters. The zero-order valence-corrected chi connectivity index (χ0v) is 10.2. The molecule has 1 amide bonds. The highest BCUT2D eigenvalue weighted by molar-refractivity contribution is 5.83. The zero-order chi connectivity index (χ0) is 12.3. The lowest BCUT2D eigenvalue weighted by atomic mass is 9.75. The van der Waals surface area contributed by atoms with Crippen molar-refractivity contribution in [3.05, 3.63) is 12.2 Å². The maximum atomic E-state index is 12.3. The average molecular weight is 238 g/mol. The Morgan fingerprint density at radius 3 is 3.06 bits per heavy atom. The summed E-state index contributed by atoms with van der Waals surface area (Å²) in [6.45, 7) is 6.13. The Morgan fingerprint density at radius 1 is 1.71 bits per heavy atom. The molecule has 1 aromatic heterocycles. The smallest absolute Gasteiger partial charge is 0.228 e.